The number of guanidine groups is 1. The maximum absolute atomic E-state index is 11.8. The maximum Gasteiger partial charge on any atom is 0.220 e. The number of nitrogens with one attached hydrogen (secondary N) is 3. The molecule has 3 aliphatic rings. The summed E-state index contributed by atoms with van der Waals surface area (Å²) in [6.45, 7) is 4.27. The molecule has 2 saturated carbocycles. The number of nitrogens with zero attached hydrogens (tertiary/aromatic N) is 2. The molecule has 0 atom stereocenters. The highest BCUT2D eigenvalue weighted by atomic mass is 16.1. The number of hydrogen-bond acceptors (Lipinski definition) is 3. The largest absolute Gasteiger partial charge is 0.356 e. The van der Waals surface area contributed by atoms with Crippen molar-refractivity contribution in [2.24, 2.45) is 4.99 Å². The Kier molecular flexibility index (Phi) is 7.80. The lowest BCUT2D eigenvalue weighted by molar-refractivity contribution is -0.121. The number of rotatable bonds is 8. The van der Waals surface area contributed by atoms with Crippen LogP contribution in [-0.4, -0.2) is 61.6 Å². The highest BCUT2D eigenvalue weighted by Crippen LogP contribution is 2.35. The van der Waals surface area contributed by atoms with Crippen molar-refractivity contribution >= 4 is 11.9 Å². The standard InChI is InChI=1S/C21H39N5O/c1-22-20(23-14-8-9-19(27)25-18-10-11-18)24-17-21(12-4-2-5-13-21)26-15-6-3-7-16-26/h18H,2-17H2,1H3,(H,25,27)(H2,22,23,24). The van der Waals surface area contributed by atoms with Crippen LogP contribution < -0.4 is 16.0 Å². The molecule has 3 fully saturated rings. The first kappa shape index (κ1) is 20.4. The molecule has 6 heteroatoms. The molecule has 1 amide bonds. The smallest absolute Gasteiger partial charge is 0.220 e. The molecule has 27 heavy (non-hydrogen) atoms. The van der Waals surface area contributed by atoms with Crippen LogP contribution in [0.3, 0.4) is 0 Å². The molecule has 1 heterocycles. The average molecular weight is 378 g/mol. The number of carbonyl (C=O) groups is 1. The third-order valence-electron chi connectivity index (χ3n) is 6.44. The fraction of sp³-hybridized carbons (Fsp3) is 0.905. The second-order valence-electron chi connectivity index (χ2n) is 8.63. The molecular weight excluding hydrogens is 338 g/mol. The zero-order valence-corrected chi connectivity index (χ0v) is 17.2. The topological polar surface area (TPSA) is 68.8 Å². The second kappa shape index (κ2) is 10.3. The predicted molar refractivity (Wildman–Crippen MR) is 111 cm³/mol. The van der Waals surface area contributed by atoms with Gasteiger partial charge in [-0.3, -0.25) is 14.7 Å². The summed E-state index contributed by atoms with van der Waals surface area (Å²) < 4.78 is 0. The third-order valence-corrected chi connectivity index (χ3v) is 6.44. The third kappa shape index (κ3) is 6.37. The fourth-order valence-corrected chi connectivity index (χ4v) is 4.64. The lowest BCUT2D eigenvalue weighted by Crippen LogP contribution is -2.59. The zero-order chi connectivity index (χ0) is 19.0. The number of aliphatic imine (C=N–C) groups is 1. The summed E-state index contributed by atoms with van der Waals surface area (Å²) in [5.41, 5.74) is 0.306. The van der Waals surface area contributed by atoms with Crippen molar-refractivity contribution in [2.75, 3.05) is 33.2 Å². The van der Waals surface area contributed by atoms with Crippen molar-refractivity contribution in [3.05, 3.63) is 0 Å². The first-order valence-electron chi connectivity index (χ1n) is 11.2. The Bertz CT molecular complexity index is 491. The minimum absolute atomic E-state index is 0.188. The van der Waals surface area contributed by atoms with Crippen LogP contribution in [0.2, 0.25) is 0 Å². The van der Waals surface area contributed by atoms with Gasteiger partial charge in [-0.25, -0.2) is 0 Å². The molecule has 1 aliphatic heterocycles. The number of likely N-dealkylation sites (tertiary alicyclic amines) is 1. The van der Waals surface area contributed by atoms with E-state index in [4.69, 9.17) is 0 Å². The van der Waals surface area contributed by atoms with Crippen molar-refractivity contribution in [3.63, 3.8) is 0 Å². The quantitative estimate of drug-likeness (QED) is 0.345. The molecule has 3 rings (SSSR count). The van der Waals surface area contributed by atoms with E-state index in [1.807, 2.05) is 7.05 Å². The molecule has 2 aliphatic carbocycles. The van der Waals surface area contributed by atoms with Gasteiger partial charge in [-0.1, -0.05) is 25.7 Å². The van der Waals surface area contributed by atoms with Crippen LogP contribution in [0.15, 0.2) is 4.99 Å². The van der Waals surface area contributed by atoms with Crippen LogP contribution in [0.5, 0.6) is 0 Å². The summed E-state index contributed by atoms with van der Waals surface area (Å²) in [5.74, 6) is 1.06. The van der Waals surface area contributed by atoms with Gasteiger partial charge in [0, 0.05) is 38.1 Å². The van der Waals surface area contributed by atoms with Crippen molar-refractivity contribution in [1.82, 2.24) is 20.9 Å². The number of piperidine rings is 1. The Morgan fingerprint density at radius 1 is 1.04 bits per heavy atom. The van der Waals surface area contributed by atoms with E-state index in [-0.39, 0.29) is 5.91 Å². The molecule has 0 spiro atoms. The monoisotopic (exact) mass is 377 g/mol. The van der Waals surface area contributed by atoms with Crippen molar-refractivity contribution in [3.8, 4) is 0 Å². The summed E-state index contributed by atoms with van der Waals surface area (Å²) >= 11 is 0. The minimum Gasteiger partial charge on any atom is -0.356 e. The van der Waals surface area contributed by atoms with E-state index in [1.165, 1.54) is 64.5 Å². The van der Waals surface area contributed by atoms with Gasteiger partial charge < -0.3 is 16.0 Å². The summed E-state index contributed by atoms with van der Waals surface area (Å²) in [5, 5.41) is 10.0. The Hall–Kier alpha value is -1.30. The lowest BCUT2D eigenvalue weighted by Gasteiger charge is -2.48. The summed E-state index contributed by atoms with van der Waals surface area (Å²) in [6.07, 6.45) is 14.5. The average Bonchev–Trinajstić information content (AvgIpc) is 3.53. The van der Waals surface area contributed by atoms with Gasteiger partial charge >= 0.3 is 0 Å². The number of carbonyl (C=O) groups excluding carboxylic acids is 1. The normalized spacial score (nSPS) is 23.7. The molecule has 154 valence electrons. The predicted octanol–water partition coefficient (Wildman–Crippen LogP) is 2.40. The van der Waals surface area contributed by atoms with Gasteiger partial charge in [0.2, 0.25) is 5.91 Å². The lowest BCUT2D eigenvalue weighted by atomic mass is 9.79. The maximum atomic E-state index is 11.8. The second-order valence-corrected chi connectivity index (χ2v) is 8.63. The van der Waals surface area contributed by atoms with Gasteiger partial charge in [0.05, 0.1) is 0 Å². The van der Waals surface area contributed by atoms with Gasteiger partial charge in [0.25, 0.3) is 0 Å². The van der Waals surface area contributed by atoms with Crippen LogP contribution in [0, 0.1) is 0 Å². The number of amides is 1. The number of hydrogen-bond donors (Lipinski definition) is 3. The molecule has 0 aromatic rings. The Labute approximate surface area is 164 Å². The van der Waals surface area contributed by atoms with Crippen LogP contribution in [0.1, 0.15) is 77.0 Å². The fourth-order valence-electron chi connectivity index (χ4n) is 4.64. The summed E-state index contributed by atoms with van der Waals surface area (Å²) in [4.78, 5) is 18.9. The van der Waals surface area contributed by atoms with E-state index in [0.29, 0.717) is 18.0 Å². The van der Waals surface area contributed by atoms with Crippen LogP contribution in [-0.2, 0) is 4.79 Å². The van der Waals surface area contributed by atoms with Crippen molar-refractivity contribution in [2.45, 2.75) is 88.6 Å². The highest BCUT2D eigenvalue weighted by molar-refractivity contribution is 5.80. The molecule has 0 aromatic heterocycles. The van der Waals surface area contributed by atoms with E-state index in [2.05, 4.69) is 25.8 Å². The van der Waals surface area contributed by atoms with Gasteiger partial charge in [-0.2, -0.15) is 0 Å². The molecule has 0 bridgehead atoms. The molecule has 0 radical (unpaired) electrons. The SMILES string of the molecule is CN=C(NCCCC(=O)NC1CC1)NCC1(N2CCCCC2)CCCCC1. The van der Waals surface area contributed by atoms with Gasteiger partial charge in [0.15, 0.2) is 5.96 Å². The van der Waals surface area contributed by atoms with E-state index in [1.54, 1.807) is 0 Å². The van der Waals surface area contributed by atoms with Crippen molar-refractivity contribution in [1.29, 1.82) is 0 Å². The zero-order valence-electron chi connectivity index (χ0n) is 17.2. The van der Waals surface area contributed by atoms with Crippen molar-refractivity contribution < 1.29 is 4.79 Å². The van der Waals surface area contributed by atoms with E-state index in [9.17, 15) is 4.79 Å². The highest BCUT2D eigenvalue weighted by Gasteiger charge is 2.38. The van der Waals surface area contributed by atoms with E-state index in [0.717, 1.165) is 38.3 Å². The van der Waals surface area contributed by atoms with Crippen LogP contribution >= 0.6 is 0 Å². The Balaban J connectivity index is 1.41. The molecule has 0 unspecified atom stereocenters. The molecule has 3 N–H and O–H groups in total. The molecular formula is C21H39N5O. The summed E-state index contributed by atoms with van der Waals surface area (Å²) in [7, 11) is 1.84. The van der Waals surface area contributed by atoms with Gasteiger partial charge in [-0.05, 0) is 58.0 Å². The Morgan fingerprint density at radius 2 is 1.74 bits per heavy atom. The van der Waals surface area contributed by atoms with Gasteiger partial charge in [0.1, 0.15) is 0 Å². The van der Waals surface area contributed by atoms with E-state index < -0.39 is 0 Å². The molecule has 0 aromatic carbocycles. The minimum atomic E-state index is 0.188. The first-order chi connectivity index (χ1) is 13.2. The Morgan fingerprint density at radius 3 is 2.41 bits per heavy atom. The van der Waals surface area contributed by atoms with Gasteiger partial charge in [-0.15, -0.1) is 0 Å². The first-order valence-corrected chi connectivity index (χ1v) is 11.2. The summed E-state index contributed by atoms with van der Waals surface area (Å²) in [6, 6.07) is 0.460. The molecule has 1 saturated heterocycles. The van der Waals surface area contributed by atoms with Crippen LogP contribution in [0.4, 0.5) is 0 Å². The van der Waals surface area contributed by atoms with Crippen LogP contribution in [0.25, 0.3) is 0 Å². The molecule has 6 nitrogen and oxygen atoms in total. The van der Waals surface area contributed by atoms with E-state index >= 15 is 0 Å².